The van der Waals surface area contributed by atoms with Gasteiger partial charge >= 0.3 is 0 Å². The predicted molar refractivity (Wildman–Crippen MR) is 95.3 cm³/mol. The number of rotatable bonds is 2. The second-order valence-electron chi connectivity index (χ2n) is 10.1. The molecule has 0 amide bonds. The summed E-state index contributed by atoms with van der Waals surface area (Å²) >= 11 is 0. The summed E-state index contributed by atoms with van der Waals surface area (Å²) in [5.41, 5.74) is 0.768. The van der Waals surface area contributed by atoms with Gasteiger partial charge < -0.3 is 0 Å². The number of carbonyl (C=O) groups excluding carboxylic acids is 1. The van der Waals surface area contributed by atoms with Crippen molar-refractivity contribution in [3.8, 4) is 0 Å². The first kappa shape index (κ1) is 14.3. The fraction of sp³-hybridized carbons (Fsp3) is 0.783. The minimum atomic E-state index is 0.384. The summed E-state index contributed by atoms with van der Waals surface area (Å²) in [5, 5.41) is 0. The van der Waals surface area contributed by atoms with Crippen molar-refractivity contribution < 1.29 is 4.79 Å². The molecule has 0 N–H and O–H groups in total. The molecular weight excluding hydrogens is 292 g/mol. The summed E-state index contributed by atoms with van der Waals surface area (Å²) in [7, 11) is 0. The summed E-state index contributed by atoms with van der Waals surface area (Å²) in [5.74, 6) is 4.97. The number of Topliss-reactive ketones (excluding diaryl/α,β-unsaturated/α-hetero) is 1. The fourth-order valence-corrected chi connectivity index (χ4v) is 8.90. The minimum Gasteiger partial charge on any atom is -0.299 e. The molecule has 1 heteroatoms. The van der Waals surface area contributed by atoms with Crippen LogP contribution in [-0.4, -0.2) is 5.78 Å². The Morgan fingerprint density at radius 1 is 0.750 bits per heavy atom. The van der Waals surface area contributed by atoms with Gasteiger partial charge in [0, 0.05) is 11.8 Å². The maximum Gasteiger partial charge on any atom is 0.140 e. The first-order valence-electron chi connectivity index (χ1n) is 10.6. The summed E-state index contributed by atoms with van der Waals surface area (Å²) in [4.78, 5) is 13.9. The Labute approximate surface area is 146 Å². The van der Waals surface area contributed by atoms with Gasteiger partial charge in [-0.2, -0.15) is 0 Å². The van der Waals surface area contributed by atoms with Crippen molar-refractivity contribution in [2.45, 2.75) is 64.2 Å². The maximum absolute atomic E-state index is 13.9. The van der Waals surface area contributed by atoms with Crippen LogP contribution >= 0.6 is 0 Å². The predicted octanol–water partition coefficient (Wildman–Crippen LogP) is 5.32. The van der Waals surface area contributed by atoms with Gasteiger partial charge in [0.25, 0.3) is 0 Å². The zero-order valence-electron chi connectivity index (χ0n) is 14.8. The van der Waals surface area contributed by atoms with Gasteiger partial charge in [0.1, 0.15) is 5.78 Å². The number of ketones is 1. The van der Waals surface area contributed by atoms with Crippen molar-refractivity contribution in [3.63, 3.8) is 0 Å². The van der Waals surface area contributed by atoms with E-state index in [-0.39, 0.29) is 0 Å². The van der Waals surface area contributed by atoms with Crippen LogP contribution in [0.5, 0.6) is 0 Å². The average Bonchev–Trinajstić information content (AvgIpc) is 3.35. The molecule has 0 heterocycles. The van der Waals surface area contributed by atoms with E-state index in [0.717, 1.165) is 29.5 Å². The molecule has 0 aromatic carbocycles. The Kier molecular flexibility index (Phi) is 2.78. The van der Waals surface area contributed by atoms with Crippen LogP contribution in [-0.2, 0) is 4.79 Å². The van der Waals surface area contributed by atoms with Gasteiger partial charge in [0.2, 0.25) is 0 Å². The molecule has 6 aliphatic carbocycles. The normalized spacial score (nSPS) is 56.5. The van der Waals surface area contributed by atoms with E-state index < -0.39 is 0 Å². The molecule has 0 radical (unpaired) electrons. The first-order valence-corrected chi connectivity index (χ1v) is 10.6. The van der Waals surface area contributed by atoms with Crippen molar-refractivity contribution in [3.05, 3.63) is 24.3 Å². The molecule has 24 heavy (non-hydrogen) atoms. The Morgan fingerprint density at radius 2 is 1.25 bits per heavy atom. The molecule has 0 unspecified atom stereocenters. The fourth-order valence-electron chi connectivity index (χ4n) is 8.90. The van der Waals surface area contributed by atoms with Crippen molar-refractivity contribution in [1.29, 1.82) is 0 Å². The third-order valence-corrected chi connectivity index (χ3v) is 9.84. The molecule has 4 bridgehead atoms. The smallest absolute Gasteiger partial charge is 0.140 e. The molecule has 8 atom stereocenters. The number of hydrogen-bond donors (Lipinski definition) is 0. The Balaban J connectivity index is 1.35. The van der Waals surface area contributed by atoms with Crippen molar-refractivity contribution in [2.75, 3.05) is 0 Å². The first-order chi connectivity index (χ1) is 11.7. The number of carbonyl (C=O) groups is 1. The molecule has 128 valence electrons. The largest absolute Gasteiger partial charge is 0.299 e. The van der Waals surface area contributed by atoms with Crippen LogP contribution in [0, 0.1) is 46.3 Å². The van der Waals surface area contributed by atoms with Crippen LogP contribution in [0.1, 0.15) is 64.2 Å². The zero-order valence-corrected chi connectivity index (χ0v) is 14.8. The van der Waals surface area contributed by atoms with Crippen molar-refractivity contribution in [2.24, 2.45) is 46.3 Å². The lowest BCUT2D eigenvalue weighted by atomic mass is 9.59. The van der Waals surface area contributed by atoms with Crippen LogP contribution in [0.3, 0.4) is 0 Å². The van der Waals surface area contributed by atoms with Gasteiger partial charge in [-0.15, -0.1) is 0 Å². The molecule has 0 aromatic heterocycles. The molecule has 4 fully saturated rings. The number of allylic oxidation sites excluding steroid dienone is 4. The third-order valence-electron chi connectivity index (χ3n) is 9.84. The van der Waals surface area contributed by atoms with E-state index in [1.807, 2.05) is 0 Å². The Hall–Kier alpha value is -0.850. The summed E-state index contributed by atoms with van der Waals surface area (Å²) in [6.45, 7) is 0. The molecule has 6 rings (SSSR count). The van der Waals surface area contributed by atoms with Crippen LogP contribution in [0.4, 0.5) is 0 Å². The highest BCUT2D eigenvalue weighted by atomic mass is 16.1. The van der Waals surface area contributed by atoms with E-state index in [4.69, 9.17) is 0 Å². The van der Waals surface area contributed by atoms with E-state index in [0.29, 0.717) is 22.7 Å². The lowest BCUT2D eigenvalue weighted by Gasteiger charge is -2.44. The standard InChI is InChI=1S/C23H30O/c24-21(19-13-15-7-11-22(19)9-3-1-5-17(15)22)20-14-16-8-12-23(20)10-4-2-6-18(16)23/h1-4,15-20H,5-14H2/t15-,16-,17+,18+,19-,20+,22-,23+/m0/s1. The Bertz CT molecular complexity index is 590. The molecule has 0 saturated heterocycles. The van der Waals surface area contributed by atoms with E-state index >= 15 is 0 Å². The van der Waals surface area contributed by atoms with Crippen molar-refractivity contribution >= 4 is 5.78 Å². The second-order valence-corrected chi connectivity index (χ2v) is 10.1. The third kappa shape index (κ3) is 1.52. The molecule has 0 aromatic rings. The maximum atomic E-state index is 13.9. The molecule has 4 saturated carbocycles. The lowest BCUT2D eigenvalue weighted by Crippen LogP contribution is -2.43. The average molecular weight is 322 g/mol. The van der Waals surface area contributed by atoms with Gasteiger partial charge in [-0.3, -0.25) is 4.79 Å². The van der Waals surface area contributed by atoms with Gasteiger partial charge in [0.05, 0.1) is 0 Å². The minimum absolute atomic E-state index is 0.384. The van der Waals surface area contributed by atoms with E-state index in [1.165, 1.54) is 64.2 Å². The lowest BCUT2D eigenvalue weighted by molar-refractivity contribution is -0.136. The van der Waals surface area contributed by atoms with Crippen LogP contribution in [0.2, 0.25) is 0 Å². The Morgan fingerprint density at radius 3 is 1.75 bits per heavy atom. The number of hydrogen-bond acceptors (Lipinski definition) is 1. The van der Waals surface area contributed by atoms with E-state index in [9.17, 15) is 4.79 Å². The molecule has 1 nitrogen and oxygen atoms in total. The monoisotopic (exact) mass is 322 g/mol. The SMILES string of the molecule is O=C([C@H]1C[C@@H]2CC[C@@]13CC=CC[C@H]23)[C@@H]1C[C@@H]2CC[C@]13CC=CC[C@H]23. The van der Waals surface area contributed by atoms with Gasteiger partial charge in [0.15, 0.2) is 0 Å². The molecule has 0 spiro atoms. The van der Waals surface area contributed by atoms with Gasteiger partial charge in [-0.1, -0.05) is 24.3 Å². The highest BCUT2D eigenvalue weighted by Gasteiger charge is 2.66. The highest BCUT2D eigenvalue weighted by molar-refractivity contribution is 5.86. The summed E-state index contributed by atoms with van der Waals surface area (Å²) in [6.07, 6.45) is 22.5. The van der Waals surface area contributed by atoms with Crippen LogP contribution < -0.4 is 0 Å². The highest BCUT2D eigenvalue weighted by Crippen LogP contribution is 2.70. The quantitative estimate of drug-likeness (QED) is 0.629. The van der Waals surface area contributed by atoms with Crippen LogP contribution in [0.15, 0.2) is 24.3 Å². The zero-order chi connectivity index (χ0) is 15.9. The topological polar surface area (TPSA) is 17.1 Å². The van der Waals surface area contributed by atoms with Gasteiger partial charge in [-0.05, 0) is 98.7 Å². The van der Waals surface area contributed by atoms with Gasteiger partial charge in [-0.25, -0.2) is 0 Å². The second kappa shape index (κ2) is 4.65. The van der Waals surface area contributed by atoms with Crippen molar-refractivity contribution in [1.82, 2.24) is 0 Å². The van der Waals surface area contributed by atoms with Crippen LogP contribution in [0.25, 0.3) is 0 Å². The molecular formula is C23H30O. The molecule has 6 aliphatic rings. The van der Waals surface area contributed by atoms with E-state index in [2.05, 4.69) is 24.3 Å². The molecule has 0 aliphatic heterocycles. The van der Waals surface area contributed by atoms with E-state index in [1.54, 1.807) is 0 Å². The summed E-state index contributed by atoms with van der Waals surface area (Å²) in [6, 6.07) is 0. The summed E-state index contributed by atoms with van der Waals surface area (Å²) < 4.78 is 0.